The molecule has 0 aliphatic heterocycles. The molecule has 0 saturated heterocycles. The van der Waals surface area contributed by atoms with Crippen LogP contribution in [0.1, 0.15) is 27.0 Å². The first-order chi connectivity index (χ1) is 17.5. The van der Waals surface area contributed by atoms with Crippen LogP contribution in [0.15, 0.2) is 103 Å². The number of anilines is 1. The molecule has 182 valence electrons. The number of amides is 2. The molecule has 4 rings (SSSR count). The van der Waals surface area contributed by atoms with E-state index in [1.54, 1.807) is 48.4 Å². The van der Waals surface area contributed by atoms with Crippen molar-refractivity contribution in [1.82, 2.24) is 5.32 Å². The van der Waals surface area contributed by atoms with Gasteiger partial charge in [0.15, 0.2) is 0 Å². The van der Waals surface area contributed by atoms with Crippen LogP contribution in [0, 0.1) is 5.82 Å². The molecule has 0 aromatic heterocycles. The van der Waals surface area contributed by atoms with Gasteiger partial charge in [-0.2, -0.15) is 0 Å². The van der Waals surface area contributed by atoms with E-state index in [1.165, 1.54) is 12.1 Å². The number of halogens is 1. The molecule has 6 heteroatoms. The first kappa shape index (κ1) is 24.7. The quantitative estimate of drug-likeness (QED) is 0.341. The number of nitrogens with one attached hydrogen (secondary N) is 1. The number of carbonyl (C=O) groups excluding carboxylic acids is 2. The molecular formula is C30H27FN2O3. The highest BCUT2D eigenvalue weighted by molar-refractivity contribution is 6.06. The van der Waals surface area contributed by atoms with E-state index < -0.39 is 0 Å². The van der Waals surface area contributed by atoms with Gasteiger partial charge in [0, 0.05) is 17.8 Å². The fraction of sp³-hybridized carbons (Fsp3) is 0.133. The van der Waals surface area contributed by atoms with Crippen LogP contribution in [0.2, 0.25) is 0 Å². The van der Waals surface area contributed by atoms with E-state index in [1.807, 2.05) is 54.6 Å². The third kappa shape index (κ3) is 6.57. The third-order valence-corrected chi connectivity index (χ3v) is 5.74. The first-order valence-electron chi connectivity index (χ1n) is 11.6. The third-order valence-electron chi connectivity index (χ3n) is 5.74. The molecule has 5 nitrogen and oxygen atoms in total. The average molecular weight is 483 g/mol. The second-order valence-electron chi connectivity index (χ2n) is 8.36. The van der Waals surface area contributed by atoms with Gasteiger partial charge < -0.3 is 15.0 Å². The molecule has 0 spiro atoms. The number of hydrogen-bond donors (Lipinski definition) is 1. The second-order valence-corrected chi connectivity index (χ2v) is 8.36. The summed E-state index contributed by atoms with van der Waals surface area (Å²) in [5.74, 6) is -0.108. The van der Waals surface area contributed by atoms with Crippen LogP contribution in [-0.4, -0.2) is 18.9 Å². The average Bonchev–Trinajstić information content (AvgIpc) is 2.92. The maximum absolute atomic E-state index is 13.6. The maximum Gasteiger partial charge on any atom is 0.258 e. The highest BCUT2D eigenvalue weighted by Gasteiger charge is 2.20. The van der Waals surface area contributed by atoms with Crippen molar-refractivity contribution >= 4 is 17.5 Å². The zero-order chi connectivity index (χ0) is 25.3. The fourth-order valence-corrected chi connectivity index (χ4v) is 3.84. The molecule has 0 radical (unpaired) electrons. The van der Waals surface area contributed by atoms with E-state index in [0.717, 1.165) is 16.7 Å². The van der Waals surface area contributed by atoms with Gasteiger partial charge in [0.1, 0.15) is 11.6 Å². The van der Waals surface area contributed by atoms with E-state index in [0.29, 0.717) is 23.5 Å². The van der Waals surface area contributed by atoms with Gasteiger partial charge in [-0.1, -0.05) is 60.7 Å². The van der Waals surface area contributed by atoms with Gasteiger partial charge in [0.25, 0.3) is 5.91 Å². The molecule has 4 aromatic carbocycles. The smallest absolute Gasteiger partial charge is 0.258 e. The standard InChI is InChI=1S/C30H27FN2O3/c1-36-28-12-6-10-25(19-28)30(35)33(21-23-13-15-26(31)16-14-23)27-11-5-9-24(17-27)18-29(34)32-20-22-7-3-2-4-8-22/h2-17,19H,18,20-21H2,1H3,(H,32,34). The molecule has 2 amide bonds. The molecule has 0 saturated carbocycles. The minimum absolute atomic E-state index is 0.111. The largest absolute Gasteiger partial charge is 0.497 e. The van der Waals surface area contributed by atoms with Gasteiger partial charge in [-0.3, -0.25) is 9.59 Å². The van der Waals surface area contributed by atoms with Crippen LogP contribution < -0.4 is 15.0 Å². The first-order valence-corrected chi connectivity index (χ1v) is 11.6. The van der Waals surface area contributed by atoms with Crippen LogP contribution >= 0.6 is 0 Å². The molecular weight excluding hydrogens is 455 g/mol. The Balaban J connectivity index is 1.56. The van der Waals surface area contributed by atoms with Gasteiger partial charge in [-0.15, -0.1) is 0 Å². The zero-order valence-corrected chi connectivity index (χ0v) is 20.0. The lowest BCUT2D eigenvalue weighted by atomic mass is 10.1. The summed E-state index contributed by atoms with van der Waals surface area (Å²) in [5, 5.41) is 2.93. The molecule has 0 fully saturated rings. The SMILES string of the molecule is COc1cccc(C(=O)N(Cc2ccc(F)cc2)c2cccc(CC(=O)NCc3ccccc3)c2)c1. The van der Waals surface area contributed by atoms with Crippen molar-refractivity contribution in [1.29, 1.82) is 0 Å². The Labute approximate surface area is 210 Å². The summed E-state index contributed by atoms with van der Waals surface area (Å²) < 4.78 is 18.8. The molecule has 4 aromatic rings. The Kier molecular flexibility index (Phi) is 8.08. The number of carbonyl (C=O) groups is 2. The lowest BCUT2D eigenvalue weighted by molar-refractivity contribution is -0.120. The van der Waals surface area contributed by atoms with Crippen molar-refractivity contribution in [3.63, 3.8) is 0 Å². The summed E-state index contributed by atoms with van der Waals surface area (Å²) in [7, 11) is 1.55. The molecule has 1 N–H and O–H groups in total. The van der Waals surface area contributed by atoms with Crippen molar-refractivity contribution < 1.29 is 18.7 Å². The molecule has 0 unspecified atom stereocenters. The minimum Gasteiger partial charge on any atom is -0.497 e. The summed E-state index contributed by atoms with van der Waals surface area (Å²) >= 11 is 0. The topological polar surface area (TPSA) is 58.6 Å². The molecule has 0 aliphatic rings. The molecule has 0 heterocycles. The zero-order valence-electron chi connectivity index (χ0n) is 20.0. The number of methoxy groups -OCH3 is 1. The lowest BCUT2D eigenvalue weighted by Gasteiger charge is -2.24. The predicted octanol–water partition coefficient (Wildman–Crippen LogP) is 5.54. The lowest BCUT2D eigenvalue weighted by Crippen LogP contribution is -2.30. The van der Waals surface area contributed by atoms with Crippen LogP contribution in [0.4, 0.5) is 10.1 Å². The van der Waals surface area contributed by atoms with Crippen LogP contribution in [0.5, 0.6) is 5.75 Å². The number of hydrogen-bond acceptors (Lipinski definition) is 3. The second kappa shape index (κ2) is 11.8. The van der Waals surface area contributed by atoms with Gasteiger partial charge in [-0.25, -0.2) is 4.39 Å². The summed E-state index contributed by atoms with van der Waals surface area (Å²) in [6.07, 6.45) is 0.179. The number of rotatable bonds is 9. The van der Waals surface area contributed by atoms with E-state index in [-0.39, 0.29) is 30.6 Å². The Hall–Kier alpha value is -4.45. The molecule has 0 aliphatic carbocycles. The Morgan fingerprint density at radius 3 is 2.28 bits per heavy atom. The number of benzene rings is 4. The van der Waals surface area contributed by atoms with Crippen molar-refractivity contribution in [2.75, 3.05) is 12.0 Å². The monoisotopic (exact) mass is 482 g/mol. The normalized spacial score (nSPS) is 10.5. The summed E-state index contributed by atoms with van der Waals surface area (Å²) in [4.78, 5) is 27.8. The summed E-state index contributed by atoms with van der Waals surface area (Å²) in [6.45, 7) is 0.685. The van der Waals surface area contributed by atoms with Crippen molar-refractivity contribution in [3.8, 4) is 5.75 Å². The Morgan fingerprint density at radius 2 is 1.53 bits per heavy atom. The van der Waals surface area contributed by atoms with E-state index >= 15 is 0 Å². The van der Waals surface area contributed by atoms with Gasteiger partial charge in [-0.05, 0) is 59.2 Å². The highest BCUT2D eigenvalue weighted by atomic mass is 19.1. The highest BCUT2D eigenvalue weighted by Crippen LogP contribution is 2.24. The van der Waals surface area contributed by atoms with Crippen LogP contribution in [0.3, 0.4) is 0 Å². The van der Waals surface area contributed by atoms with E-state index in [2.05, 4.69) is 5.32 Å². The molecule has 0 bridgehead atoms. The van der Waals surface area contributed by atoms with Crippen molar-refractivity contribution in [3.05, 3.63) is 131 Å². The predicted molar refractivity (Wildman–Crippen MR) is 138 cm³/mol. The van der Waals surface area contributed by atoms with E-state index in [4.69, 9.17) is 4.74 Å². The van der Waals surface area contributed by atoms with Crippen molar-refractivity contribution in [2.24, 2.45) is 0 Å². The number of nitrogens with zero attached hydrogens (tertiary/aromatic N) is 1. The van der Waals surface area contributed by atoms with Gasteiger partial charge in [0.2, 0.25) is 5.91 Å². The van der Waals surface area contributed by atoms with E-state index in [9.17, 15) is 14.0 Å². The summed E-state index contributed by atoms with van der Waals surface area (Å²) in [6, 6.07) is 30.0. The molecule has 0 atom stereocenters. The maximum atomic E-state index is 13.6. The van der Waals surface area contributed by atoms with Gasteiger partial charge in [0.05, 0.1) is 20.1 Å². The van der Waals surface area contributed by atoms with Crippen molar-refractivity contribution in [2.45, 2.75) is 19.5 Å². The minimum atomic E-state index is -0.340. The summed E-state index contributed by atoms with van der Waals surface area (Å²) in [5.41, 5.74) is 3.68. The Morgan fingerprint density at radius 1 is 0.806 bits per heavy atom. The fourth-order valence-electron chi connectivity index (χ4n) is 3.84. The Bertz CT molecular complexity index is 1320. The van der Waals surface area contributed by atoms with Crippen LogP contribution in [0.25, 0.3) is 0 Å². The molecule has 36 heavy (non-hydrogen) atoms. The van der Waals surface area contributed by atoms with Crippen LogP contribution in [-0.2, 0) is 24.3 Å². The number of ether oxygens (including phenoxy) is 1. The van der Waals surface area contributed by atoms with Gasteiger partial charge >= 0.3 is 0 Å².